The van der Waals surface area contributed by atoms with Gasteiger partial charge in [0.05, 0.1) is 0 Å². The number of benzene rings is 2. The fourth-order valence-corrected chi connectivity index (χ4v) is 2.11. The number of carbonyl (C=O) groups excluding carboxylic acids is 1. The molecule has 5 nitrogen and oxygen atoms in total. The molecule has 0 radical (unpaired) electrons. The third-order valence-corrected chi connectivity index (χ3v) is 3.21. The summed E-state index contributed by atoms with van der Waals surface area (Å²) >= 11 is 0. The third kappa shape index (κ3) is 3.03. The molecule has 0 atom stereocenters. The number of rotatable bonds is 3. The summed E-state index contributed by atoms with van der Waals surface area (Å²) in [6.45, 7) is 3.72. The monoisotopic (exact) mass is 293 g/mol. The van der Waals surface area contributed by atoms with E-state index < -0.39 is 0 Å². The zero-order valence-corrected chi connectivity index (χ0v) is 12.3. The zero-order chi connectivity index (χ0) is 15.5. The van der Waals surface area contributed by atoms with E-state index >= 15 is 0 Å². The molecule has 3 rings (SSSR count). The van der Waals surface area contributed by atoms with Crippen molar-refractivity contribution in [1.29, 1.82) is 0 Å². The van der Waals surface area contributed by atoms with Gasteiger partial charge in [-0.2, -0.15) is 4.98 Å². The van der Waals surface area contributed by atoms with Gasteiger partial charge < -0.3 is 9.84 Å². The van der Waals surface area contributed by atoms with E-state index in [9.17, 15) is 4.79 Å². The SMILES string of the molecule is Cc1cccc(NC(=O)c2ccc(-c3noc(C)n3)cc2)c1. The molecule has 1 N–H and O–H groups in total. The van der Waals surface area contributed by atoms with Crippen molar-refractivity contribution in [3.8, 4) is 11.4 Å². The molecule has 0 fully saturated rings. The molecule has 0 bridgehead atoms. The predicted molar refractivity (Wildman–Crippen MR) is 83.6 cm³/mol. The molecular formula is C17H15N3O2. The molecule has 0 aliphatic carbocycles. The lowest BCUT2D eigenvalue weighted by atomic mass is 10.1. The predicted octanol–water partition coefficient (Wildman–Crippen LogP) is 3.61. The lowest BCUT2D eigenvalue weighted by Crippen LogP contribution is -2.11. The Morgan fingerprint density at radius 1 is 1.09 bits per heavy atom. The maximum absolute atomic E-state index is 12.2. The van der Waals surface area contributed by atoms with Crippen LogP contribution < -0.4 is 5.32 Å². The summed E-state index contributed by atoms with van der Waals surface area (Å²) in [6.07, 6.45) is 0. The Bertz CT molecular complexity index is 807. The average molecular weight is 293 g/mol. The zero-order valence-electron chi connectivity index (χ0n) is 12.3. The van der Waals surface area contributed by atoms with Gasteiger partial charge in [-0.05, 0) is 36.8 Å². The summed E-state index contributed by atoms with van der Waals surface area (Å²) in [6, 6.07) is 14.8. The summed E-state index contributed by atoms with van der Waals surface area (Å²) in [5.74, 6) is 0.876. The van der Waals surface area contributed by atoms with E-state index in [1.165, 1.54) is 0 Å². The molecule has 0 spiro atoms. The van der Waals surface area contributed by atoms with Crippen molar-refractivity contribution in [2.75, 3.05) is 5.32 Å². The van der Waals surface area contributed by atoms with Gasteiger partial charge in [0, 0.05) is 23.7 Å². The van der Waals surface area contributed by atoms with E-state index in [4.69, 9.17) is 4.52 Å². The normalized spacial score (nSPS) is 10.5. The van der Waals surface area contributed by atoms with Gasteiger partial charge in [-0.25, -0.2) is 0 Å². The van der Waals surface area contributed by atoms with Crippen molar-refractivity contribution in [2.24, 2.45) is 0 Å². The smallest absolute Gasteiger partial charge is 0.255 e. The number of aryl methyl sites for hydroxylation is 2. The highest BCUT2D eigenvalue weighted by atomic mass is 16.5. The number of hydrogen-bond donors (Lipinski definition) is 1. The summed E-state index contributed by atoms with van der Waals surface area (Å²) in [4.78, 5) is 16.4. The average Bonchev–Trinajstić information content (AvgIpc) is 2.94. The van der Waals surface area contributed by atoms with Gasteiger partial charge in [-0.15, -0.1) is 0 Å². The number of anilines is 1. The van der Waals surface area contributed by atoms with Gasteiger partial charge in [0.25, 0.3) is 5.91 Å². The molecule has 22 heavy (non-hydrogen) atoms. The van der Waals surface area contributed by atoms with Crippen LogP contribution in [-0.4, -0.2) is 16.0 Å². The van der Waals surface area contributed by atoms with Gasteiger partial charge in [0.2, 0.25) is 11.7 Å². The number of nitrogens with one attached hydrogen (secondary N) is 1. The molecule has 1 amide bonds. The van der Waals surface area contributed by atoms with Gasteiger partial charge in [0.1, 0.15) is 0 Å². The molecule has 2 aromatic carbocycles. The molecule has 0 aliphatic heterocycles. The van der Waals surface area contributed by atoms with E-state index in [1.54, 1.807) is 31.2 Å². The van der Waals surface area contributed by atoms with Crippen LogP contribution in [0.5, 0.6) is 0 Å². The first-order chi connectivity index (χ1) is 10.6. The second kappa shape index (κ2) is 5.81. The Balaban J connectivity index is 1.76. The molecule has 3 aromatic rings. The highest BCUT2D eigenvalue weighted by Crippen LogP contribution is 2.17. The number of nitrogens with zero attached hydrogens (tertiary/aromatic N) is 2. The fourth-order valence-electron chi connectivity index (χ4n) is 2.11. The Morgan fingerprint density at radius 3 is 2.50 bits per heavy atom. The summed E-state index contributed by atoms with van der Waals surface area (Å²) < 4.78 is 4.95. The Labute approximate surface area is 128 Å². The first-order valence-electron chi connectivity index (χ1n) is 6.90. The summed E-state index contributed by atoms with van der Waals surface area (Å²) in [7, 11) is 0. The van der Waals surface area contributed by atoms with Crippen LogP contribution in [-0.2, 0) is 0 Å². The van der Waals surface area contributed by atoms with Crippen LogP contribution in [0.15, 0.2) is 53.1 Å². The molecular weight excluding hydrogens is 278 g/mol. The molecule has 1 aromatic heterocycles. The molecule has 5 heteroatoms. The van der Waals surface area contributed by atoms with Crippen LogP contribution >= 0.6 is 0 Å². The van der Waals surface area contributed by atoms with Gasteiger partial charge in [-0.3, -0.25) is 4.79 Å². The van der Waals surface area contributed by atoms with Crippen molar-refractivity contribution in [3.05, 3.63) is 65.5 Å². The van der Waals surface area contributed by atoms with E-state index in [2.05, 4.69) is 15.5 Å². The first-order valence-corrected chi connectivity index (χ1v) is 6.90. The van der Waals surface area contributed by atoms with Crippen LogP contribution in [0.3, 0.4) is 0 Å². The molecule has 1 heterocycles. The van der Waals surface area contributed by atoms with Crippen LogP contribution in [0.1, 0.15) is 21.8 Å². The lowest BCUT2D eigenvalue weighted by Gasteiger charge is -2.06. The summed E-state index contributed by atoms with van der Waals surface area (Å²) in [5, 5.41) is 6.72. The van der Waals surface area contributed by atoms with Crippen molar-refractivity contribution >= 4 is 11.6 Å². The topological polar surface area (TPSA) is 68.0 Å². The quantitative estimate of drug-likeness (QED) is 0.801. The third-order valence-electron chi connectivity index (χ3n) is 3.21. The van der Waals surface area contributed by atoms with Crippen molar-refractivity contribution < 1.29 is 9.32 Å². The molecule has 0 saturated carbocycles. The molecule has 0 saturated heterocycles. The lowest BCUT2D eigenvalue weighted by molar-refractivity contribution is 0.102. The molecule has 0 unspecified atom stereocenters. The fraction of sp³-hybridized carbons (Fsp3) is 0.118. The van der Waals surface area contributed by atoms with Gasteiger partial charge >= 0.3 is 0 Å². The van der Waals surface area contributed by atoms with Crippen LogP contribution in [0.25, 0.3) is 11.4 Å². The highest BCUT2D eigenvalue weighted by Gasteiger charge is 2.09. The maximum Gasteiger partial charge on any atom is 0.255 e. The Morgan fingerprint density at radius 2 is 1.86 bits per heavy atom. The van der Waals surface area contributed by atoms with Crippen molar-refractivity contribution in [2.45, 2.75) is 13.8 Å². The maximum atomic E-state index is 12.2. The van der Waals surface area contributed by atoms with Crippen molar-refractivity contribution in [3.63, 3.8) is 0 Å². The van der Waals surface area contributed by atoms with Crippen LogP contribution in [0.4, 0.5) is 5.69 Å². The number of aromatic nitrogens is 2. The summed E-state index contributed by atoms with van der Waals surface area (Å²) in [5.41, 5.74) is 3.26. The minimum atomic E-state index is -0.151. The second-order valence-electron chi connectivity index (χ2n) is 5.04. The molecule has 0 aliphatic rings. The van der Waals surface area contributed by atoms with E-state index in [0.717, 1.165) is 16.8 Å². The van der Waals surface area contributed by atoms with E-state index in [1.807, 2.05) is 31.2 Å². The Hall–Kier alpha value is -2.95. The van der Waals surface area contributed by atoms with Gasteiger partial charge in [0.15, 0.2) is 0 Å². The van der Waals surface area contributed by atoms with Crippen LogP contribution in [0.2, 0.25) is 0 Å². The minimum Gasteiger partial charge on any atom is -0.339 e. The second-order valence-corrected chi connectivity index (χ2v) is 5.04. The van der Waals surface area contributed by atoms with Crippen LogP contribution in [0, 0.1) is 13.8 Å². The number of hydrogen-bond acceptors (Lipinski definition) is 4. The van der Waals surface area contributed by atoms with Crippen molar-refractivity contribution in [1.82, 2.24) is 10.1 Å². The Kier molecular flexibility index (Phi) is 3.70. The van der Waals surface area contributed by atoms with E-state index in [0.29, 0.717) is 17.3 Å². The van der Waals surface area contributed by atoms with E-state index in [-0.39, 0.29) is 5.91 Å². The number of carbonyl (C=O) groups is 1. The highest BCUT2D eigenvalue weighted by molar-refractivity contribution is 6.04. The molecule has 110 valence electrons. The standard InChI is InChI=1S/C17H15N3O2/c1-11-4-3-5-15(10-11)19-17(21)14-8-6-13(7-9-14)16-18-12(2)22-20-16/h3-10H,1-2H3,(H,19,21). The minimum absolute atomic E-state index is 0.151. The largest absolute Gasteiger partial charge is 0.339 e. The first kappa shape index (κ1) is 14.0. The van der Waals surface area contributed by atoms with Gasteiger partial charge in [-0.1, -0.05) is 29.4 Å². The number of amides is 1.